The van der Waals surface area contributed by atoms with Crippen molar-refractivity contribution in [2.45, 2.75) is 32.3 Å². The molecule has 1 aliphatic heterocycles. The Morgan fingerprint density at radius 3 is 2.47 bits per heavy atom. The fraction of sp³-hybridized carbons (Fsp3) is 0.440. The Hall–Kier alpha value is -2.41. The van der Waals surface area contributed by atoms with Crippen molar-refractivity contribution < 1.29 is 14.7 Å². The van der Waals surface area contributed by atoms with Crippen LogP contribution in [0.3, 0.4) is 0 Å². The molecule has 2 aromatic carbocycles. The third-order valence-electron chi connectivity index (χ3n) is 6.14. The van der Waals surface area contributed by atoms with Crippen molar-refractivity contribution in [3.63, 3.8) is 0 Å². The lowest BCUT2D eigenvalue weighted by atomic mass is 9.89. The first-order valence-corrected chi connectivity index (χ1v) is 11.5. The predicted octanol–water partition coefficient (Wildman–Crippen LogP) is 3.59. The van der Waals surface area contributed by atoms with E-state index in [1.165, 1.54) is 5.56 Å². The molecule has 2 amide bonds. The van der Waals surface area contributed by atoms with Crippen LogP contribution >= 0.6 is 11.6 Å². The lowest BCUT2D eigenvalue weighted by Crippen LogP contribution is -2.44. The number of hydrogen-bond donors (Lipinski definition) is 3. The van der Waals surface area contributed by atoms with Crippen LogP contribution in [0.25, 0.3) is 0 Å². The van der Waals surface area contributed by atoms with Crippen molar-refractivity contribution >= 4 is 29.1 Å². The van der Waals surface area contributed by atoms with E-state index in [1.807, 2.05) is 12.1 Å². The second-order valence-corrected chi connectivity index (χ2v) is 9.01. The predicted molar refractivity (Wildman–Crippen MR) is 128 cm³/mol. The van der Waals surface area contributed by atoms with E-state index < -0.39 is 12.0 Å². The molecule has 3 N–H and O–H groups in total. The summed E-state index contributed by atoms with van der Waals surface area (Å²) in [5.41, 5.74) is 2.32. The van der Waals surface area contributed by atoms with Crippen molar-refractivity contribution in [1.82, 2.24) is 10.2 Å². The molecule has 2 unspecified atom stereocenters. The molecule has 7 heteroatoms. The summed E-state index contributed by atoms with van der Waals surface area (Å²) in [6.45, 7) is 3.96. The molecule has 1 aliphatic rings. The molecule has 1 heterocycles. The largest absolute Gasteiger partial charge is 0.393 e. The molecule has 2 atom stereocenters. The molecule has 0 radical (unpaired) electrons. The Morgan fingerprint density at radius 1 is 1.16 bits per heavy atom. The number of anilines is 1. The Bertz CT molecular complexity index is 909. The number of carbonyl (C=O) groups is 2. The molecule has 6 nitrogen and oxygen atoms in total. The number of aliphatic hydroxyl groups excluding tert-OH is 1. The van der Waals surface area contributed by atoms with Crippen LogP contribution in [0.1, 0.15) is 35.7 Å². The normalized spacial score (nSPS) is 16.9. The van der Waals surface area contributed by atoms with Crippen molar-refractivity contribution in [1.29, 1.82) is 0 Å². The van der Waals surface area contributed by atoms with E-state index in [0.29, 0.717) is 23.7 Å². The van der Waals surface area contributed by atoms with Crippen molar-refractivity contribution in [2.24, 2.45) is 11.8 Å². The van der Waals surface area contributed by atoms with Crippen LogP contribution in [0.5, 0.6) is 0 Å². The molecule has 0 spiro atoms. The monoisotopic (exact) mass is 457 g/mol. The quantitative estimate of drug-likeness (QED) is 0.565. The number of halogens is 1. The smallest absolute Gasteiger partial charge is 0.251 e. The molecule has 0 aliphatic carbocycles. The minimum atomic E-state index is -0.774. The number of carbonyl (C=O) groups excluding carboxylic acids is 2. The number of benzene rings is 2. The SMILES string of the molecule is CNC(=O)c1cccc(NC(=O)C(CN2CCC(Cc3ccc(Cl)cc3)CC2)C(C)O)c1. The number of aliphatic hydroxyl groups is 1. The lowest BCUT2D eigenvalue weighted by molar-refractivity contribution is -0.124. The molecular formula is C25H32ClN3O3. The summed E-state index contributed by atoms with van der Waals surface area (Å²) >= 11 is 5.97. The van der Waals surface area contributed by atoms with Gasteiger partial charge in [0.05, 0.1) is 12.0 Å². The Morgan fingerprint density at radius 2 is 1.84 bits per heavy atom. The van der Waals surface area contributed by atoms with Crippen LogP contribution in [0, 0.1) is 11.8 Å². The maximum Gasteiger partial charge on any atom is 0.251 e. The zero-order valence-electron chi connectivity index (χ0n) is 18.7. The van der Waals surface area contributed by atoms with Gasteiger partial charge in [-0.15, -0.1) is 0 Å². The van der Waals surface area contributed by atoms with Crippen molar-refractivity contribution in [3.8, 4) is 0 Å². The first-order chi connectivity index (χ1) is 15.4. The molecule has 0 aromatic heterocycles. The Labute approximate surface area is 195 Å². The van der Waals surface area contributed by atoms with E-state index in [0.717, 1.165) is 37.4 Å². The van der Waals surface area contributed by atoms with Gasteiger partial charge in [0.1, 0.15) is 0 Å². The molecule has 172 valence electrons. The molecule has 32 heavy (non-hydrogen) atoms. The van der Waals surface area contributed by atoms with E-state index in [2.05, 4.69) is 27.7 Å². The number of nitrogens with one attached hydrogen (secondary N) is 2. The van der Waals surface area contributed by atoms with E-state index in [4.69, 9.17) is 11.6 Å². The number of piperidine rings is 1. The van der Waals surface area contributed by atoms with Crippen LogP contribution in [-0.4, -0.2) is 54.6 Å². The van der Waals surface area contributed by atoms with Crippen LogP contribution in [0.4, 0.5) is 5.69 Å². The van der Waals surface area contributed by atoms with Gasteiger partial charge in [0.15, 0.2) is 0 Å². The maximum absolute atomic E-state index is 12.9. The van der Waals surface area contributed by atoms with Crippen LogP contribution in [0.2, 0.25) is 5.02 Å². The highest BCUT2D eigenvalue weighted by Crippen LogP contribution is 2.24. The van der Waals surface area contributed by atoms with Gasteiger partial charge in [-0.1, -0.05) is 29.8 Å². The number of amides is 2. The fourth-order valence-electron chi connectivity index (χ4n) is 4.18. The number of hydrogen-bond acceptors (Lipinski definition) is 4. The highest BCUT2D eigenvalue weighted by Gasteiger charge is 2.29. The Balaban J connectivity index is 1.53. The molecule has 0 saturated carbocycles. The molecule has 1 saturated heterocycles. The molecule has 3 rings (SSSR count). The van der Waals surface area contributed by atoms with Gasteiger partial charge < -0.3 is 20.6 Å². The van der Waals surface area contributed by atoms with Crippen LogP contribution in [-0.2, 0) is 11.2 Å². The van der Waals surface area contributed by atoms with E-state index in [9.17, 15) is 14.7 Å². The molecular weight excluding hydrogens is 426 g/mol. The third-order valence-corrected chi connectivity index (χ3v) is 6.39. The second-order valence-electron chi connectivity index (χ2n) is 8.57. The average molecular weight is 458 g/mol. The minimum absolute atomic E-state index is 0.213. The zero-order chi connectivity index (χ0) is 23.1. The maximum atomic E-state index is 12.9. The highest BCUT2D eigenvalue weighted by molar-refractivity contribution is 6.30. The van der Waals surface area contributed by atoms with E-state index in [-0.39, 0.29) is 11.8 Å². The van der Waals surface area contributed by atoms with Gasteiger partial charge in [0.2, 0.25) is 5.91 Å². The van der Waals surface area contributed by atoms with Crippen molar-refractivity contribution in [3.05, 3.63) is 64.7 Å². The molecule has 1 fully saturated rings. The third kappa shape index (κ3) is 6.79. The number of nitrogens with zero attached hydrogens (tertiary/aromatic N) is 1. The average Bonchev–Trinajstić information content (AvgIpc) is 2.79. The van der Waals surface area contributed by atoms with Crippen LogP contribution < -0.4 is 10.6 Å². The zero-order valence-corrected chi connectivity index (χ0v) is 19.4. The molecule has 0 bridgehead atoms. The van der Waals surface area contributed by atoms with E-state index >= 15 is 0 Å². The summed E-state index contributed by atoms with van der Waals surface area (Å²) < 4.78 is 0. The summed E-state index contributed by atoms with van der Waals surface area (Å²) in [6.07, 6.45) is 2.38. The summed E-state index contributed by atoms with van der Waals surface area (Å²) in [5, 5.41) is 16.5. The minimum Gasteiger partial charge on any atom is -0.393 e. The number of rotatable bonds is 8. The van der Waals surface area contributed by atoms with Crippen LogP contribution in [0.15, 0.2) is 48.5 Å². The lowest BCUT2D eigenvalue weighted by Gasteiger charge is -2.34. The topological polar surface area (TPSA) is 81.7 Å². The first-order valence-electron chi connectivity index (χ1n) is 11.1. The first kappa shape index (κ1) is 24.2. The second kappa shape index (κ2) is 11.5. The summed E-state index contributed by atoms with van der Waals surface area (Å²) in [6, 6.07) is 14.8. The standard InChI is InChI=1S/C25H32ClN3O3/c1-17(30)23(25(32)28-22-5-3-4-20(15-22)24(31)27-2)16-29-12-10-19(11-13-29)14-18-6-8-21(26)9-7-18/h3-9,15,17,19,23,30H,10-14,16H2,1-2H3,(H,27,31)(H,28,32). The van der Waals surface area contributed by atoms with Crippen molar-refractivity contribution in [2.75, 3.05) is 32.0 Å². The van der Waals surface area contributed by atoms with Gasteiger partial charge in [0.25, 0.3) is 5.91 Å². The fourth-order valence-corrected chi connectivity index (χ4v) is 4.30. The highest BCUT2D eigenvalue weighted by atomic mass is 35.5. The number of likely N-dealkylation sites (tertiary alicyclic amines) is 1. The Kier molecular flexibility index (Phi) is 8.67. The van der Waals surface area contributed by atoms with Gasteiger partial charge in [-0.25, -0.2) is 0 Å². The molecule has 2 aromatic rings. The van der Waals surface area contributed by atoms with Gasteiger partial charge >= 0.3 is 0 Å². The summed E-state index contributed by atoms with van der Waals surface area (Å²) in [5.74, 6) is -0.392. The summed E-state index contributed by atoms with van der Waals surface area (Å²) in [7, 11) is 1.57. The van der Waals surface area contributed by atoms with Gasteiger partial charge in [-0.3, -0.25) is 9.59 Å². The van der Waals surface area contributed by atoms with Gasteiger partial charge in [-0.2, -0.15) is 0 Å². The summed E-state index contributed by atoms with van der Waals surface area (Å²) in [4.78, 5) is 27.0. The van der Waals surface area contributed by atoms with E-state index in [1.54, 1.807) is 38.2 Å². The van der Waals surface area contributed by atoms with Gasteiger partial charge in [-0.05, 0) is 81.1 Å². The van der Waals surface area contributed by atoms with Gasteiger partial charge in [0, 0.05) is 29.9 Å².